The van der Waals surface area contributed by atoms with Gasteiger partial charge in [-0.2, -0.15) is 4.31 Å². The van der Waals surface area contributed by atoms with E-state index in [1.165, 1.54) is 0 Å². The molecule has 4 nitrogen and oxygen atoms in total. The van der Waals surface area contributed by atoms with Gasteiger partial charge in [-0.25, -0.2) is 8.42 Å². The minimum atomic E-state index is -3.38. The first kappa shape index (κ1) is 15.8. The Balaban J connectivity index is 2.25. The summed E-state index contributed by atoms with van der Waals surface area (Å²) >= 11 is 1.61. The van der Waals surface area contributed by atoms with E-state index in [2.05, 4.69) is 5.32 Å². The summed E-state index contributed by atoms with van der Waals surface area (Å²) in [6.45, 7) is 4.22. The standard InChI is InChI=1S/C14H22N2O2S2/c1-3-16(12-8-10-15-11-9-12)20(17,18)14-6-4-13(19-2)5-7-14/h4-7,12,15H,3,8-11H2,1-2H3. The summed E-state index contributed by atoms with van der Waals surface area (Å²) in [5.41, 5.74) is 0. The zero-order valence-electron chi connectivity index (χ0n) is 12.0. The van der Waals surface area contributed by atoms with E-state index in [9.17, 15) is 8.42 Å². The van der Waals surface area contributed by atoms with Crippen LogP contribution >= 0.6 is 11.8 Å². The molecule has 0 aliphatic carbocycles. The van der Waals surface area contributed by atoms with Gasteiger partial charge in [0.05, 0.1) is 4.90 Å². The van der Waals surface area contributed by atoms with Crippen molar-refractivity contribution in [3.63, 3.8) is 0 Å². The Hall–Kier alpha value is -0.560. The maximum Gasteiger partial charge on any atom is 0.243 e. The summed E-state index contributed by atoms with van der Waals surface area (Å²) in [5.74, 6) is 0. The molecule has 0 aromatic heterocycles. The summed E-state index contributed by atoms with van der Waals surface area (Å²) in [7, 11) is -3.38. The fourth-order valence-corrected chi connectivity index (χ4v) is 4.70. The molecular formula is C14H22N2O2S2. The van der Waals surface area contributed by atoms with E-state index in [-0.39, 0.29) is 6.04 Å². The van der Waals surface area contributed by atoms with Crippen LogP contribution in [0.5, 0.6) is 0 Å². The first-order valence-corrected chi connectivity index (χ1v) is 9.62. The van der Waals surface area contributed by atoms with Gasteiger partial charge in [0.15, 0.2) is 0 Å². The van der Waals surface area contributed by atoms with E-state index in [0.29, 0.717) is 11.4 Å². The Morgan fingerprint density at radius 1 is 1.25 bits per heavy atom. The van der Waals surface area contributed by atoms with E-state index in [4.69, 9.17) is 0 Å². The van der Waals surface area contributed by atoms with Crippen molar-refractivity contribution in [1.29, 1.82) is 0 Å². The van der Waals surface area contributed by atoms with Crippen molar-refractivity contribution in [2.45, 2.75) is 35.6 Å². The summed E-state index contributed by atoms with van der Waals surface area (Å²) < 4.78 is 27.2. The van der Waals surface area contributed by atoms with Crippen LogP contribution in [0.4, 0.5) is 0 Å². The van der Waals surface area contributed by atoms with Crippen LogP contribution in [-0.2, 0) is 10.0 Å². The van der Waals surface area contributed by atoms with Crippen LogP contribution in [0.15, 0.2) is 34.1 Å². The third-order valence-corrected chi connectivity index (χ3v) is 6.48. The molecule has 1 fully saturated rings. The third-order valence-electron chi connectivity index (χ3n) is 3.69. The fraction of sp³-hybridized carbons (Fsp3) is 0.571. The molecule has 2 rings (SSSR count). The molecule has 0 spiro atoms. The summed E-state index contributed by atoms with van der Waals surface area (Å²) in [6.07, 6.45) is 3.75. The van der Waals surface area contributed by atoms with Gasteiger partial charge in [0, 0.05) is 17.5 Å². The molecule has 1 aliphatic rings. The molecule has 0 bridgehead atoms. The third kappa shape index (κ3) is 3.36. The topological polar surface area (TPSA) is 49.4 Å². The normalized spacial score (nSPS) is 17.6. The van der Waals surface area contributed by atoms with Crippen LogP contribution in [0.1, 0.15) is 19.8 Å². The lowest BCUT2D eigenvalue weighted by Crippen LogP contribution is -2.45. The second-order valence-electron chi connectivity index (χ2n) is 4.87. The number of piperidine rings is 1. The second-order valence-corrected chi connectivity index (χ2v) is 7.64. The maximum atomic E-state index is 12.8. The zero-order chi connectivity index (χ0) is 14.6. The highest BCUT2D eigenvalue weighted by atomic mass is 32.2. The predicted octanol–water partition coefficient (Wildman–Crippen LogP) is 2.17. The molecule has 1 heterocycles. The Morgan fingerprint density at radius 3 is 2.35 bits per heavy atom. The number of nitrogens with one attached hydrogen (secondary N) is 1. The number of nitrogens with zero attached hydrogens (tertiary/aromatic N) is 1. The smallest absolute Gasteiger partial charge is 0.243 e. The molecule has 20 heavy (non-hydrogen) atoms. The Labute approximate surface area is 126 Å². The summed E-state index contributed by atoms with van der Waals surface area (Å²) in [5, 5.41) is 3.28. The summed E-state index contributed by atoms with van der Waals surface area (Å²) in [4.78, 5) is 1.48. The van der Waals surface area contributed by atoms with Crippen LogP contribution in [0.3, 0.4) is 0 Å². The molecule has 1 aromatic carbocycles. The molecule has 0 radical (unpaired) electrons. The molecular weight excluding hydrogens is 292 g/mol. The Bertz CT molecular complexity index is 523. The molecule has 6 heteroatoms. The average Bonchev–Trinajstić information content (AvgIpc) is 2.49. The van der Waals surface area contributed by atoms with Gasteiger partial charge >= 0.3 is 0 Å². The van der Waals surface area contributed by atoms with Crippen molar-refractivity contribution in [1.82, 2.24) is 9.62 Å². The fourth-order valence-electron chi connectivity index (χ4n) is 2.60. The van der Waals surface area contributed by atoms with Crippen molar-refractivity contribution in [2.24, 2.45) is 0 Å². The lowest BCUT2D eigenvalue weighted by Gasteiger charge is -2.33. The highest BCUT2D eigenvalue weighted by molar-refractivity contribution is 7.98. The Morgan fingerprint density at radius 2 is 1.85 bits per heavy atom. The molecule has 1 aliphatic heterocycles. The van der Waals surface area contributed by atoms with Gasteiger partial charge in [-0.3, -0.25) is 0 Å². The molecule has 1 saturated heterocycles. The molecule has 1 N–H and O–H groups in total. The molecule has 0 saturated carbocycles. The van der Waals surface area contributed by atoms with Gasteiger partial charge in [-0.1, -0.05) is 6.92 Å². The van der Waals surface area contributed by atoms with Crippen molar-refractivity contribution >= 4 is 21.8 Å². The second kappa shape index (κ2) is 6.93. The van der Waals surface area contributed by atoms with Crippen LogP contribution in [0, 0.1) is 0 Å². The van der Waals surface area contributed by atoms with Gasteiger partial charge < -0.3 is 5.32 Å². The van der Waals surface area contributed by atoms with Gasteiger partial charge in [0.25, 0.3) is 0 Å². The number of rotatable bonds is 5. The summed E-state index contributed by atoms with van der Waals surface area (Å²) in [6, 6.07) is 7.28. The first-order chi connectivity index (χ1) is 9.59. The lowest BCUT2D eigenvalue weighted by atomic mass is 10.1. The molecule has 0 atom stereocenters. The lowest BCUT2D eigenvalue weighted by molar-refractivity contribution is 0.271. The largest absolute Gasteiger partial charge is 0.317 e. The van der Waals surface area contributed by atoms with Gasteiger partial charge in [-0.15, -0.1) is 11.8 Å². The van der Waals surface area contributed by atoms with Crippen LogP contribution in [-0.4, -0.2) is 44.7 Å². The van der Waals surface area contributed by atoms with E-state index >= 15 is 0 Å². The van der Waals surface area contributed by atoms with Crippen LogP contribution in [0.25, 0.3) is 0 Å². The molecule has 1 aromatic rings. The number of sulfonamides is 1. The number of hydrogen-bond acceptors (Lipinski definition) is 4. The van der Waals surface area contributed by atoms with Crippen LogP contribution in [0.2, 0.25) is 0 Å². The maximum absolute atomic E-state index is 12.8. The first-order valence-electron chi connectivity index (χ1n) is 6.96. The van der Waals surface area contributed by atoms with E-state index in [1.807, 2.05) is 25.3 Å². The van der Waals surface area contributed by atoms with Crippen LogP contribution < -0.4 is 5.32 Å². The van der Waals surface area contributed by atoms with Crippen molar-refractivity contribution in [3.8, 4) is 0 Å². The van der Waals surface area contributed by atoms with Gasteiger partial charge in [-0.05, 0) is 56.5 Å². The minimum absolute atomic E-state index is 0.117. The molecule has 112 valence electrons. The predicted molar refractivity (Wildman–Crippen MR) is 83.7 cm³/mol. The van der Waals surface area contributed by atoms with E-state index in [1.54, 1.807) is 28.2 Å². The quantitative estimate of drug-likeness (QED) is 0.846. The zero-order valence-corrected chi connectivity index (χ0v) is 13.6. The van der Waals surface area contributed by atoms with Gasteiger partial charge in [0.2, 0.25) is 10.0 Å². The van der Waals surface area contributed by atoms with Gasteiger partial charge in [0.1, 0.15) is 0 Å². The van der Waals surface area contributed by atoms with Crippen molar-refractivity contribution in [2.75, 3.05) is 25.9 Å². The van der Waals surface area contributed by atoms with E-state index < -0.39 is 10.0 Å². The highest BCUT2D eigenvalue weighted by Gasteiger charge is 2.30. The molecule has 0 unspecified atom stereocenters. The van der Waals surface area contributed by atoms with Crippen molar-refractivity contribution < 1.29 is 8.42 Å². The number of benzene rings is 1. The average molecular weight is 314 g/mol. The Kier molecular flexibility index (Phi) is 5.49. The molecule has 0 amide bonds. The van der Waals surface area contributed by atoms with E-state index in [0.717, 1.165) is 30.8 Å². The number of hydrogen-bond donors (Lipinski definition) is 1. The minimum Gasteiger partial charge on any atom is -0.317 e. The monoisotopic (exact) mass is 314 g/mol. The SMILES string of the molecule is CCN(C1CCNCC1)S(=O)(=O)c1ccc(SC)cc1. The van der Waals surface area contributed by atoms with Crippen molar-refractivity contribution in [3.05, 3.63) is 24.3 Å². The highest BCUT2D eigenvalue weighted by Crippen LogP contribution is 2.24. The number of thioether (sulfide) groups is 1.